The van der Waals surface area contributed by atoms with Crippen molar-refractivity contribution in [3.05, 3.63) is 23.8 Å². The van der Waals surface area contributed by atoms with E-state index in [4.69, 9.17) is 19.5 Å². The van der Waals surface area contributed by atoms with Crippen LogP contribution in [0.5, 0.6) is 5.75 Å². The Balaban J connectivity index is 1.52. The summed E-state index contributed by atoms with van der Waals surface area (Å²) in [6.07, 6.45) is 3.63. The first-order chi connectivity index (χ1) is 10.7. The quantitative estimate of drug-likeness (QED) is 0.541. The van der Waals surface area contributed by atoms with Crippen LogP contribution in [0.15, 0.2) is 18.2 Å². The van der Waals surface area contributed by atoms with Crippen LogP contribution in [-0.4, -0.2) is 66.8 Å². The number of rotatable bonds is 6. The summed E-state index contributed by atoms with van der Waals surface area (Å²) in [5.41, 5.74) is 0.420. The van der Waals surface area contributed by atoms with Gasteiger partial charge in [0.05, 0.1) is 12.2 Å². The summed E-state index contributed by atoms with van der Waals surface area (Å²) in [4.78, 5) is 13.3. The van der Waals surface area contributed by atoms with Crippen molar-refractivity contribution in [1.82, 2.24) is 4.90 Å². The van der Waals surface area contributed by atoms with Gasteiger partial charge in [-0.1, -0.05) is 6.07 Å². The van der Waals surface area contributed by atoms with Crippen LogP contribution in [0.4, 0.5) is 0 Å². The Hall–Kier alpha value is -1.41. The molecule has 7 heteroatoms. The number of ether oxygens (including phenoxy) is 2. The molecule has 1 aromatic carbocycles. The number of aldehydes is 1. The fourth-order valence-electron chi connectivity index (χ4n) is 3.15. The third-order valence-electron chi connectivity index (χ3n) is 4.26. The molecule has 2 aliphatic heterocycles. The predicted molar refractivity (Wildman–Crippen MR) is 81.5 cm³/mol. The van der Waals surface area contributed by atoms with Crippen LogP contribution in [0.2, 0.25) is 0 Å². The average Bonchev–Trinajstić information content (AvgIpc) is 2.85. The number of nitrogens with zero attached hydrogens (tertiary/aromatic N) is 1. The highest BCUT2D eigenvalue weighted by molar-refractivity contribution is 6.60. The average molecular weight is 305 g/mol. The fraction of sp³-hybridized carbons (Fsp3) is 0.533. The van der Waals surface area contributed by atoms with Gasteiger partial charge >= 0.3 is 7.12 Å². The number of hydrogen-bond donors (Lipinski definition) is 2. The Morgan fingerprint density at radius 1 is 1.32 bits per heavy atom. The van der Waals surface area contributed by atoms with Gasteiger partial charge in [-0.25, -0.2) is 0 Å². The van der Waals surface area contributed by atoms with Gasteiger partial charge < -0.3 is 19.5 Å². The van der Waals surface area contributed by atoms with Crippen molar-refractivity contribution >= 4 is 18.9 Å². The summed E-state index contributed by atoms with van der Waals surface area (Å²) >= 11 is 0. The lowest BCUT2D eigenvalue weighted by Crippen LogP contribution is -2.44. The molecule has 6 nitrogen and oxygen atoms in total. The van der Waals surface area contributed by atoms with Crippen LogP contribution in [-0.2, 0) is 4.74 Å². The minimum atomic E-state index is -1.65. The van der Waals surface area contributed by atoms with Crippen molar-refractivity contribution in [2.75, 3.05) is 26.2 Å². The Bertz CT molecular complexity index is 527. The first-order valence-corrected chi connectivity index (χ1v) is 7.61. The molecule has 0 aromatic heterocycles. The topological polar surface area (TPSA) is 79.2 Å². The van der Waals surface area contributed by atoms with E-state index >= 15 is 0 Å². The molecular formula is C15H20BNO5. The maximum Gasteiger partial charge on any atom is 0.489 e. The summed E-state index contributed by atoms with van der Waals surface area (Å²) in [7, 11) is -1.65. The minimum Gasteiger partial charge on any atom is -0.492 e. The van der Waals surface area contributed by atoms with Crippen molar-refractivity contribution in [3.63, 3.8) is 0 Å². The predicted octanol–water partition coefficient (Wildman–Crippen LogP) is -0.579. The van der Waals surface area contributed by atoms with E-state index in [0.717, 1.165) is 32.5 Å². The second kappa shape index (κ2) is 6.79. The van der Waals surface area contributed by atoms with E-state index in [1.807, 2.05) is 0 Å². The SMILES string of the molecule is O=Cc1cc(OCCN2CC3CCC(C2)O3)ccc1B(O)O. The standard InChI is InChI=1S/C15H20BNO5/c18-10-11-7-12(3-4-15(11)16(19)20)21-6-5-17-8-13-1-2-14(9-17)22-13/h3-4,7,10,13-14,19-20H,1-2,5-6,8-9H2. The molecule has 118 valence electrons. The van der Waals surface area contributed by atoms with Crippen LogP contribution in [0.3, 0.4) is 0 Å². The van der Waals surface area contributed by atoms with Gasteiger partial charge in [0.1, 0.15) is 18.6 Å². The molecule has 0 saturated carbocycles. The molecule has 2 N–H and O–H groups in total. The van der Waals surface area contributed by atoms with E-state index in [2.05, 4.69) is 4.90 Å². The smallest absolute Gasteiger partial charge is 0.489 e. The Morgan fingerprint density at radius 3 is 2.68 bits per heavy atom. The summed E-state index contributed by atoms with van der Waals surface area (Å²) in [6, 6.07) is 4.67. The third kappa shape index (κ3) is 3.49. The molecule has 2 heterocycles. The zero-order valence-electron chi connectivity index (χ0n) is 12.4. The normalized spacial score (nSPS) is 24.3. The molecule has 2 bridgehead atoms. The van der Waals surface area contributed by atoms with E-state index < -0.39 is 7.12 Å². The van der Waals surface area contributed by atoms with Crippen LogP contribution < -0.4 is 10.2 Å². The molecular weight excluding hydrogens is 285 g/mol. The Kier molecular flexibility index (Phi) is 4.78. The van der Waals surface area contributed by atoms with Crippen LogP contribution >= 0.6 is 0 Å². The number of fused-ring (bicyclic) bond motifs is 2. The monoisotopic (exact) mass is 305 g/mol. The van der Waals surface area contributed by atoms with Crippen LogP contribution in [0, 0.1) is 0 Å². The zero-order valence-corrected chi connectivity index (χ0v) is 12.4. The summed E-state index contributed by atoms with van der Waals surface area (Å²) in [6.45, 7) is 3.25. The molecule has 2 fully saturated rings. The van der Waals surface area contributed by atoms with E-state index in [0.29, 0.717) is 30.9 Å². The summed E-state index contributed by atoms with van der Waals surface area (Å²) < 4.78 is 11.5. The van der Waals surface area contributed by atoms with Gasteiger partial charge in [-0.2, -0.15) is 0 Å². The van der Waals surface area contributed by atoms with Gasteiger partial charge in [-0.15, -0.1) is 0 Å². The van der Waals surface area contributed by atoms with E-state index in [9.17, 15) is 4.79 Å². The highest BCUT2D eigenvalue weighted by Crippen LogP contribution is 2.25. The maximum absolute atomic E-state index is 11.0. The Labute approximate surface area is 129 Å². The maximum atomic E-state index is 11.0. The highest BCUT2D eigenvalue weighted by atomic mass is 16.5. The number of morpholine rings is 1. The lowest BCUT2D eigenvalue weighted by atomic mass is 9.77. The lowest BCUT2D eigenvalue weighted by Gasteiger charge is -2.31. The molecule has 0 aliphatic carbocycles. The zero-order chi connectivity index (χ0) is 15.5. The molecule has 0 spiro atoms. The van der Waals surface area contributed by atoms with Gasteiger partial charge in [-0.05, 0) is 30.4 Å². The first kappa shape index (κ1) is 15.5. The number of benzene rings is 1. The second-order valence-electron chi connectivity index (χ2n) is 5.85. The molecule has 0 radical (unpaired) electrons. The van der Waals surface area contributed by atoms with Gasteiger partial charge in [0, 0.05) is 25.2 Å². The molecule has 1 aromatic rings. The van der Waals surface area contributed by atoms with E-state index in [1.54, 1.807) is 6.07 Å². The van der Waals surface area contributed by atoms with Gasteiger partial charge in [-0.3, -0.25) is 9.69 Å². The molecule has 3 rings (SSSR count). The minimum absolute atomic E-state index is 0.187. The number of carbonyl (C=O) groups is 1. The van der Waals surface area contributed by atoms with Gasteiger partial charge in [0.25, 0.3) is 0 Å². The number of likely N-dealkylation sites (tertiary alicyclic amines) is 1. The number of hydrogen-bond acceptors (Lipinski definition) is 6. The van der Waals surface area contributed by atoms with Crippen LogP contribution in [0.1, 0.15) is 23.2 Å². The van der Waals surface area contributed by atoms with E-state index in [-0.39, 0.29) is 11.0 Å². The molecule has 22 heavy (non-hydrogen) atoms. The van der Waals surface area contributed by atoms with Crippen molar-refractivity contribution < 1.29 is 24.3 Å². The van der Waals surface area contributed by atoms with E-state index in [1.165, 1.54) is 12.1 Å². The van der Waals surface area contributed by atoms with Gasteiger partial charge in [0.2, 0.25) is 0 Å². The largest absolute Gasteiger partial charge is 0.492 e. The van der Waals surface area contributed by atoms with Gasteiger partial charge in [0.15, 0.2) is 0 Å². The first-order valence-electron chi connectivity index (χ1n) is 7.61. The fourth-order valence-corrected chi connectivity index (χ4v) is 3.15. The molecule has 0 amide bonds. The van der Waals surface area contributed by atoms with Crippen molar-refractivity contribution in [1.29, 1.82) is 0 Å². The molecule has 2 unspecified atom stereocenters. The molecule has 2 aliphatic rings. The lowest BCUT2D eigenvalue weighted by molar-refractivity contribution is -0.0408. The second-order valence-corrected chi connectivity index (χ2v) is 5.85. The summed E-state index contributed by atoms with van der Waals surface area (Å²) in [5.74, 6) is 0.558. The van der Waals surface area contributed by atoms with Crippen molar-refractivity contribution in [2.45, 2.75) is 25.0 Å². The van der Waals surface area contributed by atoms with Crippen molar-refractivity contribution in [2.24, 2.45) is 0 Å². The highest BCUT2D eigenvalue weighted by Gasteiger charge is 2.33. The summed E-state index contributed by atoms with van der Waals surface area (Å²) in [5, 5.41) is 18.3. The third-order valence-corrected chi connectivity index (χ3v) is 4.26. The Morgan fingerprint density at radius 2 is 2.05 bits per heavy atom. The molecule has 2 saturated heterocycles. The molecule has 2 atom stereocenters. The number of carbonyl (C=O) groups excluding carboxylic acids is 1. The van der Waals surface area contributed by atoms with Crippen molar-refractivity contribution in [3.8, 4) is 5.75 Å². The van der Waals surface area contributed by atoms with Crippen LogP contribution in [0.25, 0.3) is 0 Å².